The van der Waals surface area contributed by atoms with Gasteiger partial charge < -0.3 is 5.32 Å². The molecule has 1 heterocycles. The maximum absolute atomic E-state index is 5.39. The van der Waals surface area contributed by atoms with Crippen molar-refractivity contribution in [2.24, 2.45) is 23.6 Å². The van der Waals surface area contributed by atoms with Crippen LogP contribution in [0.3, 0.4) is 0 Å². The summed E-state index contributed by atoms with van der Waals surface area (Å²) in [4.78, 5) is 8.58. The molecule has 1 aromatic rings. The van der Waals surface area contributed by atoms with E-state index in [-0.39, 0.29) is 0 Å². The number of aryl methyl sites for hydroxylation is 1. The average Bonchev–Trinajstić information content (AvgIpc) is 3.00. The lowest BCUT2D eigenvalue weighted by Crippen LogP contribution is -2.30. The highest BCUT2D eigenvalue weighted by molar-refractivity contribution is 5.42. The number of anilines is 2. The number of nitrogens with zero attached hydrogens (tertiary/aromatic N) is 2. The molecule has 4 N–H and O–H groups in total. The van der Waals surface area contributed by atoms with Gasteiger partial charge in [-0.3, -0.25) is 5.43 Å². The molecule has 0 saturated heterocycles. The summed E-state index contributed by atoms with van der Waals surface area (Å²) in [6.45, 7) is 4.23. The zero-order chi connectivity index (χ0) is 13.4. The van der Waals surface area contributed by atoms with Crippen molar-refractivity contribution in [2.45, 2.75) is 45.6 Å². The number of nitrogen functional groups attached to an aromatic ring is 1. The minimum Gasteiger partial charge on any atom is -0.367 e. The molecule has 4 unspecified atom stereocenters. The molecular formula is C14H23N5. The Morgan fingerprint density at radius 1 is 1.32 bits per heavy atom. The molecule has 2 bridgehead atoms. The molecule has 0 aliphatic heterocycles. The van der Waals surface area contributed by atoms with Crippen LogP contribution in [-0.4, -0.2) is 16.0 Å². The summed E-state index contributed by atoms with van der Waals surface area (Å²) in [6.07, 6.45) is 5.68. The lowest BCUT2D eigenvalue weighted by molar-refractivity contribution is 0.304. The highest BCUT2D eigenvalue weighted by Gasteiger charge is 2.41. The molecule has 2 saturated carbocycles. The third-order valence-corrected chi connectivity index (χ3v) is 4.79. The van der Waals surface area contributed by atoms with Crippen LogP contribution in [0.2, 0.25) is 0 Å². The summed E-state index contributed by atoms with van der Waals surface area (Å²) >= 11 is 0. The van der Waals surface area contributed by atoms with Crippen molar-refractivity contribution < 1.29 is 0 Å². The van der Waals surface area contributed by atoms with Crippen molar-refractivity contribution in [1.29, 1.82) is 0 Å². The molecule has 0 spiro atoms. The Morgan fingerprint density at radius 3 is 2.79 bits per heavy atom. The van der Waals surface area contributed by atoms with E-state index in [1.807, 2.05) is 13.0 Å². The minimum absolute atomic E-state index is 0.468. The summed E-state index contributed by atoms with van der Waals surface area (Å²) in [7, 11) is 0. The Bertz CT molecular complexity index is 461. The second-order valence-corrected chi connectivity index (χ2v) is 6.13. The van der Waals surface area contributed by atoms with E-state index in [1.54, 1.807) is 0 Å². The smallest absolute Gasteiger partial charge is 0.239 e. The predicted octanol–water partition coefficient (Wildman–Crippen LogP) is 2.31. The van der Waals surface area contributed by atoms with E-state index < -0.39 is 0 Å². The summed E-state index contributed by atoms with van der Waals surface area (Å²) in [5, 5.41) is 3.54. The molecule has 5 nitrogen and oxygen atoms in total. The van der Waals surface area contributed by atoms with Crippen LogP contribution < -0.4 is 16.6 Å². The first-order valence-electron chi connectivity index (χ1n) is 7.24. The zero-order valence-electron chi connectivity index (χ0n) is 11.7. The SMILES string of the molecule is Cc1cc(NC(C)C2CC3CCC2C3)nc(NN)n1. The molecule has 0 aromatic carbocycles. The average molecular weight is 261 g/mol. The highest BCUT2D eigenvalue weighted by atomic mass is 15.3. The summed E-state index contributed by atoms with van der Waals surface area (Å²) in [5.41, 5.74) is 3.44. The van der Waals surface area contributed by atoms with Gasteiger partial charge in [0.1, 0.15) is 5.82 Å². The van der Waals surface area contributed by atoms with Gasteiger partial charge in [-0.1, -0.05) is 6.42 Å². The third-order valence-electron chi connectivity index (χ3n) is 4.79. The Labute approximate surface area is 114 Å². The Morgan fingerprint density at radius 2 is 2.16 bits per heavy atom. The van der Waals surface area contributed by atoms with Crippen molar-refractivity contribution in [1.82, 2.24) is 9.97 Å². The fourth-order valence-electron chi connectivity index (χ4n) is 3.95. The van der Waals surface area contributed by atoms with Gasteiger partial charge in [-0.2, -0.15) is 4.98 Å². The lowest BCUT2D eigenvalue weighted by Gasteiger charge is -2.29. The van der Waals surface area contributed by atoms with Gasteiger partial charge in [0.25, 0.3) is 0 Å². The van der Waals surface area contributed by atoms with Gasteiger partial charge in [-0.25, -0.2) is 10.8 Å². The van der Waals surface area contributed by atoms with Crippen LogP contribution in [0.4, 0.5) is 11.8 Å². The van der Waals surface area contributed by atoms with Crippen LogP contribution in [0.5, 0.6) is 0 Å². The largest absolute Gasteiger partial charge is 0.367 e. The first-order chi connectivity index (χ1) is 9.15. The molecule has 2 aliphatic carbocycles. The highest BCUT2D eigenvalue weighted by Crippen LogP contribution is 2.49. The maximum atomic E-state index is 5.39. The number of aromatic nitrogens is 2. The normalized spacial score (nSPS) is 30.4. The van der Waals surface area contributed by atoms with E-state index in [1.165, 1.54) is 25.7 Å². The number of fused-ring (bicyclic) bond motifs is 2. The molecular weight excluding hydrogens is 238 g/mol. The van der Waals surface area contributed by atoms with Crippen LogP contribution in [0, 0.1) is 24.7 Å². The fourth-order valence-corrected chi connectivity index (χ4v) is 3.95. The summed E-state index contributed by atoms with van der Waals surface area (Å²) in [5.74, 6) is 9.43. The van der Waals surface area contributed by atoms with Crippen LogP contribution in [0.1, 0.15) is 38.3 Å². The molecule has 4 atom stereocenters. The molecule has 0 amide bonds. The van der Waals surface area contributed by atoms with Crippen LogP contribution in [-0.2, 0) is 0 Å². The van der Waals surface area contributed by atoms with Crippen LogP contribution in [0.15, 0.2) is 6.07 Å². The minimum atomic E-state index is 0.468. The molecule has 19 heavy (non-hydrogen) atoms. The van der Waals surface area contributed by atoms with Crippen molar-refractivity contribution >= 4 is 11.8 Å². The zero-order valence-corrected chi connectivity index (χ0v) is 11.7. The number of nitrogens with two attached hydrogens (primary N) is 1. The molecule has 3 rings (SSSR count). The molecule has 2 aliphatic rings. The van der Waals surface area contributed by atoms with Gasteiger partial charge in [0.15, 0.2) is 0 Å². The van der Waals surface area contributed by atoms with Crippen molar-refractivity contribution in [3.8, 4) is 0 Å². The van der Waals surface area contributed by atoms with Crippen molar-refractivity contribution in [2.75, 3.05) is 10.7 Å². The van der Waals surface area contributed by atoms with Crippen molar-refractivity contribution in [3.63, 3.8) is 0 Å². The van der Waals surface area contributed by atoms with E-state index >= 15 is 0 Å². The van der Waals surface area contributed by atoms with E-state index in [0.717, 1.165) is 29.3 Å². The van der Waals surface area contributed by atoms with E-state index in [0.29, 0.717) is 12.0 Å². The third kappa shape index (κ3) is 2.52. The van der Waals surface area contributed by atoms with Gasteiger partial charge in [0.05, 0.1) is 0 Å². The van der Waals surface area contributed by atoms with E-state index in [4.69, 9.17) is 5.84 Å². The quantitative estimate of drug-likeness (QED) is 0.573. The maximum Gasteiger partial charge on any atom is 0.239 e. The number of hydrazine groups is 1. The Balaban J connectivity index is 1.69. The monoisotopic (exact) mass is 261 g/mol. The van der Waals surface area contributed by atoms with Crippen LogP contribution >= 0.6 is 0 Å². The number of rotatable bonds is 4. The number of hydrogen-bond acceptors (Lipinski definition) is 5. The second kappa shape index (κ2) is 4.96. The lowest BCUT2D eigenvalue weighted by atomic mass is 9.84. The Hall–Kier alpha value is -1.36. The van der Waals surface area contributed by atoms with Gasteiger partial charge in [-0.05, 0) is 50.9 Å². The fraction of sp³-hybridized carbons (Fsp3) is 0.714. The van der Waals surface area contributed by atoms with E-state index in [2.05, 4.69) is 27.6 Å². The van der Waals surface area contributed by atoms with Gasteiger partial charge >= 0.3 is 0 Å². The Kier molecular flexibility index (Phi) is 3.31. The topological polar surface area (TPSA) is 75.9 Å². The predicted molar refractivity (Wildman–Crippen MR) is 76.6 cm³/mol. The molecule has 2 fully saturated rings. The standard InChI is InChI=1S/C14H23N5/c1-8-5-13(18-14(16-8)19-15)17-9(2)12-7-10-3-4-11(12)6-10/h5,9-12H,3-4,6-7,15H2,1-2H3,(H2,16,17,18,19). The summed E-state index contributed by atoms with van der Waals surface area (Å²) in [6, 6.07) is 2.44. The van der Waals surface area contributed by atoms with E-state index in [9.17, 15) is 0 Å². The molecule has 0 radical (unpaired) electrons. The first-order valence-corrected chi connectivity index (χ1v) is 7.24. The molecule has 1 aromatic heterocycles. The number of nitrogens with one attached hydrogen (secondary N) is 2. The second-order valence-electron chi connectivity index (χ2n) is 6.13. The first kappa shape index (κ1) is 12.7. The van der Waals surface area contributed by atoms with Gasteiger partial charge in [0.2, 0.25) is 5.95 Å². The van der Waals surface area contributed by atoms with Gasteiger partial charge in [-0.15, -0.1) is 0 Å². The van der Waals surface area contributed by atoms with Crippen molar-refractivity contribution in [3.05, 3.63) is 11.8 Å². The number of hydrogen-bond donors (Lipinski definition) is 3. The van der Waals surface area contributed by atoms with Gasteiger partial charge in [0, 0.05) is 17.8 Å². The summed E-state index contributed by atoms with van der Waals surface area (Å²) < 4.78 is 0. The molecule has 5 heteroatoms. The van der Waals surface area contributed by atoms with Crippen LogP contribution in [0.25, 0.3) is 0 Å². The molecule has 104 valence electrons.